The van der Waals surface area contributed by atoms with E-state index in [9.17, 15) is 13.5 Å². The van der Waals surface area contributed by atoms with Crippen LogP contribution in [0.4, 0.5) is 15.8 Å². The number of para-hydroxylation sites is 1. The zero-order chi connectivity index (χ0) is 24.8. The van der Waals surface area contributed by atoms with Crippen LogP contribution in [-0.4, -0.2) is 19.3 Å². The summed E-state index contributed by atoms with van der Waals surface area (Å²) in [6.07, 6.45) is 0.438. The van der Waals surface area contributed by atoms with Gasteiger partial charge in [-0.15, -0.1) is 0 Å². The minimum Gasteiger partial charge on any atom is -0.506 e. The lowest BCUT2D eigenvalue weighted by Gasteiger charge is -2.34. The van der Waals surface area contributed by atoms with E-state index in [-0.39, 0.29) is 28.6 Å². The van der Waals surface area contributed by atoms with Crippen LogP contribution in [0.5, 0.6) is 11.5 Å². The molecular formula is C27H27FN2O4S. The Morgan fingerprint density at radius 3 is 2.60 bits per heavy atom. The zero-order valence-electron chi connectivity index (χ0n) is 19.5. The lowest BCUT2D eigenvalue weighted by molar-refractivity contribution is 0.304. The van der Waals surface area contributed by atoms with Crippen LogP contribution in [0.25, 0.3) is 0 Å². The van der Waals surface area contributed by atoms with E-state index < -0.39 is 27.1 Å². The smallest absolute Gasteiger partial charge is 0.179 e. The monoisotopic (exact) mass is 494 g/mol. The Hall–Kier alpha value is -3.52. The highest BCUT2D eigenvalue weighted by Gasteiger charge is 2.43. The van der Waals surface area contributed by atoms with Gasteiger partial charge in [-0.1, -0.05) is 50.2 Å². The van der Waals surface area contributed by atoms with E-state index in [1.165, 1.54) is 12.1 Å². The minimum absolute atomic E-state index is 0.0200. The third-order valence-electron chi connectivity index (χ3n) is 6.28. The first kappa shape index (κ1) is 23.2. The van der Waals surface area contributed by atoms with Crippen molar-refractivity contribution in [2.24, 2.45) is 5.41 Å². The van der Waals surface area contributed by atoms with Crippen molar-refractivity contribution in [2.75, 3.05) is 16.4 Å². The zero-order valence-corrected chi connectivity index (χ0v) is 20.3. The van der Waals surface area contributed by atoms with Crippen LogP contribution in [0, 0.1) is 11.2 Å². The van der Waals surface area contributed by atoms with Gasteiger partial charge in [-0.2, -0.15) is 0 Å². The van der Waals surface area contributed by atoms with Crippen LogP contribution in [-0.2, 0) is 16.4 Å². The highest BCUT2D eigenvalue weighted by molar-refractivity contribution is 7.95. The number of hydrogen-bond acceptors (Lipinski definition) is 6. The average Bonchev–Trinajstić information content (AvgIpc) is 2.95. The van der Waals surface area contributed by atoms with Crippen molar-refractivity contribution in [3.05, 3.63) is 94.3 Å². The van der Waals surface area contributed by atoms with E-state index in [0.717, 1.165) is 5.56 Å². The number of allylic oxidation sites excluding steroid dienone is 1. The highest BCUT2D eigenvalue weighted by Crippen LogP contribution is 2.48. The summed E-state index contributed by atoms with van der Waals surface area (Å²) in [4.78, 5) is 0.101. The molecule has 6 nitrogen and oxygen atoms in total. The average molecular weight is 495 g/mol. The molecule has 0 saturated heterocycles. The van der Waals surface area contributed by atoms with Gasteiger partial charge >= 0.3 is 0 Å². The van der Waals surface area contributed by atoms with Crippen molar-refractivity contribution in [3.63, 3.8) is 0 Å². The van der Waals surface area contributed by atoms with E-state index in [1.807, 2.05) is 44.2 Å². The van der Waals surface area contributed by atoms with E-state index in [2.05, 4.69) is 10.6 Å². The Labute approximate surface area is 204 Å². The van der Waals surface area contributed by atoms with Crippen molar-refractivity contribution in [3.8, 4) is 11.5 Å². The molecule has 5 rings (SSSR count). The quantitative estimate of drug-likeness (QED) is 0.401. The standard InChI is InChI=1S/C27H27FN2O4S/c1-27(2)14-22-26(35(32,33)16-27)24(29-21-9-6-10-23(31)25(21)30-22)19-12-11-18(13-20(19)28)34-15-17-7-4-3-5-8-17/h3-13,24,29-31H,14-16H2,1-2H3. The van der Waals surface area contributed by atoms with Gasteiger partial charge in [0.1, 0.15) is 29.6 Å². The number of nitrogens with one attached hydrogen (secondary N) is 2. The Bertz CT molecular complexity index is 1420. The molecule has 3 aromatic rings. The lowest BCUT2D eigenvalue weighted by Crippen LogP contribution is -2.35. The number of rotatable bonds is 4. The number of ether oxygens (including phenoxy) is 1. The maximum absolute atomic E-state index is 15.5. The molecule has 2 heterocycles. The number of halogens is 1. The second-order valence-electron chi connectivity index (χ2n) is 9.80. The molecule has 0 bridgehead atoms. The Balaban J connectivity index is 1.56. The van der Waals surface area contributed by atoms with Crippen LogP contribution in [0.3, 0.4) is 0 Å². The maximum atomic E-state index is 15.5. The number of aromatic hydroxyl groups is 1. The molecule has 8 heteroatoms. The summed E-state index contributed by atoms with van der Waals surface area (Å²) < 4.78 is 48.2. The fourth-order valence-corrected chi connectivity index (χ4v) is 7.14. The number of anilines is 2. The summed E-state index contributed by atoms with van der Waals surface area (Å²) in [6, 6.07) is 18.0. The van der Waals surface area contributed by atoms with E-state index in [4.69, 9.17) is 4.74 Å². The van der Waals surface area contributed by atoms with Gasteiger partial charge in [0.25, 0.3) is 0 Å². The highest BCUT2D eigenvalue weighted by atomic mass is 32.2. The second kappa shape index (κ2) is 8.61. The van der Waals surface area contributed by atoms with E-state index in [0.29, 0.717) is 29.2 Å². The molecule has 0 spiro atoms. The van der Waals surface area contributed by atoms with Crippen LogP contribution < -0.4 is 15.4 Å². The Kier molecular flexibility index (Phi) is 5.71. The van der Waals surface area contributed by atoms with Crippen molar-refractivity contribution in [2.45, 2.75) is 32.9 Å². The normalized spacial score (nSPS) is 20.0. The van der Waals surface area contributed by atoms with Gasteiger partial charge in [-0.3, -0.25) is 0 Å². The van der Waals surface area contributed by atoms with Crippen molar-refractivity contribution in [1.82, 2.24) is 0 Å². The summed E-state index contributed by atoms with van der Waals surface area (Å²) in [5.74, 6) is -0.306. The third kappa shape index (κ3) is 4.58. The first-order chi connectivity index (χ1) is 16.6. The molecule has 2 aliphatic heterocycles. The topological polar surface area (TPSA) is 87.7 Å². The van der Waals surface area contributed by atoms with Gasteiger partial charge in [-0.25, -0.2) is 12.8 Å². The first-order valence-electron chi connectivity index (χ1n) is 11.4. The summed E-state index contributed by atoms with van der Waals surface area (Å²) in [7, 11) is -3.74. The van der Waals surface area contributed by atoms with Gasteiger partial charge in [0.05, 0.1) is 22.4 Å². The van der Waals surface area contributed by atoms with Crippen LogP contribution in [0.15, 0.2) is 77.3 Å². The van der Waals surface area contributed by atoms with Crippen LogP contribution >= 0.6 is 0 Å². The Morgan fingerprint density at radius 2 is 1.86 bits per heavy atom. The predicted molar refractivity (Wildman–Crippen MR) is 134 cm³/mol. The second-order valence-corrected chi connectivity index (χ2v) is 11.8. The fourth-order valence-electron chi connectivity index (χ4n) is 4.81. The number of fused-ring (bicyclic) bond motifs is 1. The molecule has 182 valence electrons. The molecule has 1 unspecified atom stereocenters. The third-order valence-corrected chi connectivity index (χ3v) is 8.59. The SMILES string of the molecule is CC1(C)CC2=C(C(c3ccc(OCc4ccccc4)cc3F)Nc3cccc(O)c3N2)S(=O)(=O)C1. The molecule has 2 aliphatic rings. The summed E-state index contributed by atoms with van der Waals surface area (Å²) >= 11 is 0. The number of phenols is 1. The molecule has 3 aromatic carbocycles. The molecule has 35 heavy (non-hydrogen) atoms. The summed E-state index contributed by atoms with van der Waals surface area (Å²) in [6.45, 7) is 4.06. The molecule has 0 aromatic heterocycles. The van der Waals surface area contributed by atoms with Crippen LogP contribution in [0.2, 0.25) is 0 Å². The van der Waals surface area contributed by atoms with Crippen LogP contribution in [0.1, 0.15) is 37.4 Å². The largest absolute Gasteiger partial charge is 0.506 e. The lowest BCUT2D eigenvalue weighted by atomic mass is 9.88. The minimum atomic E-state index is -3.74. The van der Waals surface area contributed by atoms with E-state index >= 15 is 4.39 Å². The molecule has 0 amide bonds. The predicted octanol–water partition coefficient (Wildman–Crippen LogP) is 5.75. The molecule has 3 N–H and O–H groups in total. The van der Waals surface area contributed by atoms with Gasteiger partial charge in [0.15, 0.2) is 9.84 Å². The van der Waals surface area contributed by atoms with Gasteiger partial charge in [0.2, 0.25) is 0 Å². The van der Waals surface area contributed by atoms with Gasteiger partial charge < -0.3 is 20.5 Å². The van der Waals surface area contributed by atoms with Crippen molar-refractivity contribution < 1.29 is 22.7 Å². The van der Waals surface area contributed by atoms with E-state index in [1.54, 1.807) is 24.3 Å². The number of sulfone groups is 1. The molecule has 0 radical (unpaired) electrons. The molecule has 0 aliphatic carbocycles. The number of hydrogen-bond donors (Lipinski definition) is 3. The molecule has 1 atom stereocenters. The van der Waals surface area contributed by atoms with Gasteiger partial charge in [-0.05, 0) is 41.7 Å². The van der Waals surface area contributed by atoms with Gasteiger partial charge in [0, 0.05) is 17.3 Å². The number of phenolic OH excluding ortho intramolecular Hbond substituents is 1. The number of benzene rings is 3. The summed E-state index contributed by atoms with van der Waals surface area (Å²) in [5, 5.41) is 16.8. The maximum Gasteiger partial charge on any atom is 0.179 e. The summed E-state index contributed by atoms with van der Waals surface area (Å²) in [5.41, 5.74) is 1.95. The fraction of sp³-hybridized carbons (Fsp3) is 0.259. The first-order valence-corrected chi connectivity index (χ1v) is 13.1. The molecule has 0 saturated carbocycles. The Morgan fingerprint density at radius 1 is 1.09 bits per heavy atom. The molecular weight excluding hydrogens is 467 g/mol. The molecule has 0 fully saturated rings. The van der Waals surface area contributed by atoms with Crippen molar-refractivity contribution in [1.29, 1.82) is 0 Å². The van der Waals surface area contributed by atoms with Crippen molar-refractivity contribution >= 4 is 21.2 Å².